The fourth-order valence-corrected chi connectivity index (χ4v) is 1.66. The van der Waals surface area contributed by atoms with Crippen molar-refractivity contribution in [1.29, 1.82) is 0 Å². The van der Waals surface area contributed by atoms with Crippen LogP contribution in [0.2, 0.25) is 0 Å². The van der Waals surface area contributed by atoms with Crippen molar-refractivity contribution >= 4 is 0 Å². The molecule has 0 aromatic heterocycles. The SMILES string of the molecule is COCCc1cc(C)c(OCCN)cc1C. The average molecular weight is 223 g/mol. The van der Waals surface area contributed by atoms with Gasteiger partial charge in [0.05, 0.1) is 6.61 Å². The molecule has 3 nitrogen and oxygen atoms in total. The third-order valence-corrected chi connectivity index (χ3v) is 2.58. The monoisotopic (exact) mass is 223 g/mol. The summed E-state index contributed by atoms with van der Waals surface area (Å²) >= 11 is 0. The van der Waals surface area contributed by atoms with Gasteiger partial charge in [-0.3, -0.25) is 0 Å². The lowest BCUT2D eigenvalue weighted by Gasteiger charge is -2.12. The number of aryl methyl sites for hydroxylation is 2. The third kappa shape index (κ3) is 3.51. The summed E-state index contributed by atoms with van der Waals surface area (Å²) < 4.78 is 10.7. The molecule has 90 valence electrons. The Balaban J connectivity index is 2.79. The van der Waals surface area contributed by atoms with E-state index >= 15 is 0 Å². The van der Waals surface area contributed by atoms with E-state index in [9.17, 15) is 0 Å². The van der Waals surface area contributed by atoms with E-state index in [1.165, 1.54) is 11.1 Å². The molecule has 0 atom stereocenters. The van der Waals surface area contributed by atoms with E-state index in [-0.39, 0.29) is 0 Å². The maximum atomic E-state index is 5.57. The summed E-state index contributed by atoms with van der Waals surface area (Å²) in [5.41, 5.74) is 9.14. The zero-order valence-electron chi connectivity index (χ0n) is 10.4. The third-order valence-electron chi connectivity index (χ3n) is 2.58. The van der Waals surface area contributed by atoms with E-state index in [0.29, 0.717) is 13.2 Å². The van der Waals surface area contributed by atoms with Crippen LogP contribution >= 0.6 is 0 Å². The summed E-state index contributed by atoms with van der Waals surface area (Å²) in [5, 5.41) is 0. The number of methoxy groups -OCH3 is 1. The van der Waals surface area contributed by atoms with Crippen LogP contribution in [0.1, 0.15) is 16.7 Å². The number of nitrogens with two attached hydrogens (primary N) is 1. The van der Waals surface area contributed by atoms with Crippen LogP contribution in [-0.4, -0.2) is 26.9 Å². The first-order valence-electron chi connectivity index (χ1n) is 5.61. The molecule has 1 aromatic carbocycles. The van der Waals surface area contributed by atoms with Gasteiger partial charge in [0.25, 0.3) is 0 Å². The standard InChI is InChI=1S/C13H21NO2/c1-10-9-13(16-7-5-14)11(2)8-12(10)4-6-15-3/h8-9H,4-7,14H2,1-3H3. The molecule has 3 heteroatoms. The molecule has 0 aliphatic heterocycles. The highest BCUT2D eigenvalue weighted by Gasteiger charge is 2.05. The first kappa shape index (κ1) is 13.0. The Hall–Kier alpha value is -1.06. The molecule has 0 aliphatic carbocycles. The molecule has 1 rings (SSSR count). The number of rotatable bonds is 6. The lowest BCUT2D eigenvalue weighted by atomic mass is 10.0. The molecule has 0 bridgehead atoms. The van der Waals surface area contributed by atoms with Gasteiger partial charge in [-0.25, -0.2) is 0 Å². The zero-order valence-corrected chi connectivity index (χ0v) is 10.4. The largest absolute Gasteiger partial charge is 0.492 e. The molecular weight excluding hydrogens is 202 g/mol. The molecule has 0 saturated heterocycles. The highest BCUT2D eigenvalue weighted by atomic mass is 16.5. The van der Waals surface area contributed by atoms with E-state index in [1.807, 2.05) is 0 Å². The van der Waals surface area contributed by atoms with Gasteiger partial charge in [0.1, 0.15) is 12.4 Å². The Kier molecular flexibility index (Phi) is 5.29. The van der Waals surface area contributed by atoms with Gasteiger partial charge in [-0.2, -0.15) is 0 Å². The second-order valence-electron chi connectivity index (χ2n) is 3.92. The number of hydrogen-bond donors (Lipinski definition) is 1. The van der Waals surface area contributed by atoms with E-state index in [2.05, 4.69) is 26.0 Å². The van der Waals surface area contributed by atoms with Crippen LogP contribution in [0.25, 0.3) is 0 Å². The highest BCUT2D eigenvalue weighted by molar-refractivity contribution is 5.41. The average Bonchev–Trinajstić information content (AvgIpc) is 2.28. The van der Waals surface area contributed by atoms with Crippen LogP contribution in [-0.2, 0) is 11.2 Å². The van der Waals surface area contributed by atoms with Gasteiger partial charge < -0.3 is 15.2 Å². The molecule has 0 fully saturated rings. The molecule has 0 amide bonds. The Morgan fingerprint density at radius 1 is 1.12 bits per heavy atom. The fourth-order valence-electron chi connectivity index (χ4n) is 1.66. The maximum Gasteiger partial charge on any atom is 0.122 e. The Bertz CT molecular complexity index is 303. The van der Waals surface area contributed by atoms with Crippen molar-refractivity contribution in [2.24, 2.45) is 5.73 Å². The quantitative estimate of drug-likeness (QED) is 0.800. The van der Waals surface area contributed by atoms with Crippen molar-refractivity contribution in [3.63, 3.8) is 0 Å². The van der Waals surface area contributed by atoms with Crippen LogP contribution < -0.4 is 10.5 Å². The van der Waals surface area contributed by atoms with Gasteiger partial charge in [0.2, 0.25) is 0 Å². The molecule has 1 aromatic rings. The summed E-state index contributed by atoms with van der Waals surface area (Å²) in [4.78, 5) is 0. The maximum absolute atomic E-state index is 5.57. The minimum absolute atomic E-state index is 0.546. The number of ether oxygens (including phenoxy) is 2. The van der Waals surface area contributed by atoms with E-state index in [0.717, 1.165) is 24.3 Å². The lowest BCUT2D eigenvalue weighted by molar-refractivity contribution is 0.202. The van der Waals surface area contributed by atoms with Crippen molar-refractivity contribution < 1.29 is 9.47 Å². The summed E-state index contributed by atoms with van der Waals surface area (Å²) in [5.74, 6) is 0.934. The minimum atomic E-state index is 0.546. The van der Waals surface area contributed by atoms with E-state index < -0.39 is 0 Å². The molecule has 0 unspecified atom stereocenters. The smallest absolute Gasteiger partial charge is 0.122 e. The molecule has 0 aliphatic rings. The van der Waals surface area contributed by atoms with Crippen LogP contribution in [0, 0.1) is 13.8 Å². The number of benzene rings is 1. The van der Waals surface area contributed by atoms with Crippen LogP contribution in [0.15, 0.2) is 12.1 Å². The summed E-state index contributed by atoms with van der Waals surface area (Å²) in [6.45, 7) is 6.02. The van der Waals surface area contributed by atoms with Crippen molar-refractivity contribution in [2.45, 2.75) is 20.3 Å². The molecule has 16 heavy (non-hydrogen) atoms. The fraction of sp³-hybridized carbons (Fsp3) is 0.538. The Morgan fingerprint density at radius 3 is 2.50 bits per heavy atom. The first-order chi connectivity index (χ1) is 7.69. The Morgan fingerprint density at radius 2 is 1.88 bits per heavy atom. The normalized spacial score (nSPS) is 10.5. The summed E-state index contributed by atoms with van der Waals surface area (Å²) in [7, 11) is 1.72. The first-order valence-corrected chi connectivity index (χ1v) is 5.61. The second kappa shape index (κ2) is 6.51. The van der Waals surface area contributed by atoms with Crippen molar-refractivity contribution in [3.05, 3.63) is 28.8 Å². The predicted molar refractivity (Wildman–Crippen MR) is 66.0 cm³/mol. The Labute approximate surface area is 97.6 Å². The summed E-state index contributed by atoms with van der Waals surface area (Å²) in [6.07, 6.45) is 0.945. The molecule has 0 radical (unpaired) electrons. The predicted octanol–water partition coefficient (Wildman–Crippen LogP) is 1.83. The van der Waals surface area contributed by atoms with Crippen LogP contribution in [0.3, 0.4) is 0 Å². The van der Waals surface area contributed by atoms with Gasteiger partial charge in [0.15, 0.2) is 0 Å². The molecular formula is C13H21NO2. The van der Waals surface area contributed by atoms with Gasteiger partial charge in [-0.05, 0) is 43.0 Å². The second-order valence-corrected chi connectivity index (χ2v) is 3.92. The topological polar surface area (TPSA) is 44.5 Å². The minimum Gasteiger partial charge on any atom is -0.492 e. The van der Waals surface area contributed by atoms with Gasteiger partial charge >= 0.3 is 0 Å². The van der Waals surface area contributed by atoms with E-state index in [4.69, 9.17) is 15.2 Å². The molecule has 0 spiro atoms. The van der Waals surface area contributed by atoms with Crippen molar-refractivity contribution in [2.75, 3.05) is 26.9 Å². The van der Waals surface area contributed by atoms with Gasteiger partial charge in [-0.1, -0.05) is 6.07 Å². The molecule has 2 N–H and O–H groups in total. The van der Waals surface area contributed by atoms with Gasteiger partial charge in [0, 0.05) is 13.7 Å². The lowest BCUT2D eigenvalue weighted by Crippen LogP contribution is -2.11. The number of hydrogen-bond acceptors (Lipinski definition) is 3. The highest BCUT2D eigenvalue weighted by Crippen LogP contribution is 2.23. The molecule has 0 heterocycles. The van der Waals surface area contributed by atoms with Crippen molar-refractivity contribution in [3.8, 4) is 5.75 Å². The van der Waals surface area contributed by atoms with Crippen molar-refractivity contribution in [1.82, 2.24) is 0 Å². The van der Waals surface area contributed by atoms with E-state index in [1.54, 1.807) is 7.11 Å². The molecule has 0 saturated carbocycles. The summed E-state index contributed by atoms with van der Waals surface area (Å²) in [6, 6.07) is 4.25. The van der Waals surface area contributed by atoms with Crippen LogP contribution in [0.5, 0.6) is 5.75 Å². The van der Waals surface area contributed by atoms with Crippen LogP contribution in [0.4, 0.5) is 0 Å². The van der Waals surface area contributed by atoms with Gasteiger partial charge in [-0.15, -0.1) is 0 Å². The zero-order chi connectivity index (χ0) is 12.0.